The summed E-state index contributed by atoms with van der Waals surface area (Å²) in [7, 11) is 1.56. The van der Waals surface area contributed by atoms with Gasteiger partial charge in [-0.1, -0.05) is 42.4 Å². The monoisotopic (exact) mass is 410 g/mol. The van der Waals surface area contributed by atoms with E-state index in [4.69, 9.17) is 11.6 Å². The number of urea groups is 1. The van der Waals surface area contributed by atoms with Gasteiger partial charge in [-0.05, 0) is 24.1 Å². The average Bonchev–Trinajstić information content (AvgIpc) is 2.98. The molecular weight excluding hydrogens is 392 g/mol. The van der Waals surface area contributed by atoms with Gasteiger partial charge < -0.3 is 14.9 Å². The minimum atomic E-state index is -0.944. The Morgan fingerprint density at radius 2 is 2.04 bits per heavy atom. The molecule has 3 amide bonds. The molecule has 2 heterocycles. The number of carboxylic acid groups (broad SMARTS) is 1. The van der Waals surface area contributed by atoms with Crippen LogP contribution in [0.2, 0.25) is 5.02 Å². The molecule has 0 aromatic heterocycles. The van der Waals surface area contributed by atoms with Gasteiger partial charge in [-0.15, -0.1) is 0 Å². The number of benzene rings is 1. The van der Waals surface area contributed by atoms with E-state index in [9.17, 15) is 19.5 Å². The molecular formula is C17H19ClN4O4S. The number of fused-ring (bicyclic) bond motifs is 1. The normalized spacial score (nSPS) is 23.0. The fourth-order valence-electron chi connectivity index (χ4n) is 2.99. The van der Waals surface area contributed by atoms with Crippen molar-refractivity contribution in [2.75, 3.05) is 7.05 Å². The van der Waals surface area contributed by atoms with Gasteiger partial charge in [0, 0.05) is 18.6 Å². The highest BCUT2D eigenvalue weighted by molar-refractivity contribution is 8.14. The fourth-order valence-corrected chi connectivity index (χ4v) is 4.12. The topological polar surface area (TPSA) is 102 Å². The second kappa shape index (κ2) is 7.77. The number of halogens is 1. The van der Waals surface area contributed by atoms with E-state index in [1.165, 1.54) is 4.90 Å². The predicted molar refractivity (Wildman–Crippen MR) is 103 cm³/mol. The molecule has 1 aromatic carbocycles. The highest BCUT2D eigenvalue weighted by atomic mass is 35.5. The van der Waals surface area contributed by atoms with Gasteiger partial charge >= 0.3 is 12.0 Å². The van der Waals surface area contributed by atoms with Crippen molar-refractivity contribution >= 4 is 46.4 Å². The minimum Gasteiger partial charge on any atom is -0.480 e. The average molecular weight is 411 g/mol. The third kappa shape index (κ3) is 3.89. The summed E-state index contributed by atoms with van der Waals surface area (Å²) in [6, 6.07) is 5.93. The Morgan fingerprint density at radius 1 is 1.37 bits per heavy atom. The van der Waals surface area contributed by atoms with Crippen LogP contribution < -0.4 is 5.32 Å². The molecule has 2 aliphatic heterocycles. The van der Waals surface area contributed by atoms with Crippen LogP contribution in [0, 0.1) is 0 Å². The van der Waals surface area contributed by atoms with Crippen molar-refractivity contribution in [2.45, 2.75) is 37.3 Å². The number of hydrogen-bond acceptors (Lipinski definition) is 6. The lowest BCUT2D eigenvalue weighted by Crippen LogP contribution is -2.63. The zero-order chi connectivity index (χ0) is 19.7. The van der Waals surface area contributed by atoms with E-state index in [2.05, 4.69) is 10.3 Å². The van der Waals surface area contributed by atoms with Crippen LogP contribution in [0.4, 0.5) is 4.79 Å². The maximum absolute atomic E-state index is 12.5. The predicted octanol–water partition coefficient (Wildman–Crippen LogP) is 1.98. The van der Waals surface area contributed by atoms with Crippen molar-refractivity contribution in [3.63, 3.8) is 0 Å². The molecule has 3 unspecified atom stereocenters. The van der Waals surface area contributed by atoms with E-state index in [-0.39, 0.29) is 0 Å². The molecule has 1 aromatic rings. The number of carboxylic acids is 1. The van der Waals surface area contributed by atoms with Crippen molar-refractivity contribution in [3.8, 4) is 0 Å². The fraction of sp³-hybridized carbons (Fsp3) is 0.412. The van der Waals surface area contributed by atoms with Gasteiger partial charge in [0.2, 0.25) is 0 Å². The number of nitrogens with zero attached hydrogens (tertiary/aromatic N) is 3. The van der Waals surface area contributed by atoms with Gasteiger partial charge in [0.15, 0.2) is 17.4 Å². The van der Waals surface area contributed by atoms with Crippen LogP contribution in [-0.4, -0.2) is 62.5 Å². The molecule has 1 fully saturated rings. The summed E-state index contributed by atoms with van der Waals surface area (Å²) in [5.74, 6) is -1.39. The zero-order valence-corrected chi connectivity index (χ0v) is 16.3. The molecule has 1 saturated heterocycles. The van der Waals surface area contributed by atoms with Crippen molar-refractivity contribution < 1.29 is 19.5 Å². The van der Waals surface area contributed by atoms with Crippen molar-refractivity contribution in [2.24, 2.45) is 4.99 Å². The van der Waals surface area contributed by atoms with Gasteiger partial charge in [0.05, 0.1) is 0 Å². The maximum atomic E-state index is 12.5. The lowest BCUT2D eigenvalue weighted by Gasteiger charge is -2.36. The second-order valence-corrected chi connectivity index (χ2v) is 7.89. The molecule has 27 heavy (non-hydrogen) atoms. The lowest BCUT2D eigenvalue weighted by atomic mass is 10.1. The number of likely N-dealkylation sites (N-methyl/N-ethyl adjacent to an activating group) is 1. The van der Waals surface area contributed by atoms with Gasteiger partial charge in [0.1, 0.15) is 5.25 Å². The molecule has 2 N–H and O–H groups in total. The molecule has 8 nitrogen and oxygen atoms in total. The molecule has 0 spiro atoms. The van der Waals surface area contributed by atoms with E-state index in [1.54, 1.807) is 31.0 Å². The Balaban J connectivity index is 1.93. The number of carbonyl (C=O) groups excluding carboxylic acids is 2. The van der Waals surface area contributed by atoms with Crippen LogP contribution in [0.15, 0.2) is 29.3 Å². The number of aliphatic imine (C=N–C) groups is 1. The van der Waals surface area contributed by atoms with E-state index < -0.39 is 35.4 Å². The van der Waals surface area contributed by atoms with Crippen molar-refractivity contribution in [1.29, 1.82) is 0 Å². The molecule has 144 valence electrons. The smallest absolute Gasteiger partial charge is 0.325 e. The zero-order valence-electron chi connectivity index (χ0n) is 14.8. The first kappa shape index (κ1) is 19.5. The Labute approximate surface area is 165 Å². The standard InChI is InChI=1S/C17H19ClN4O4S/c1-3-11(15(24)25)27-17-19-13-12(14(23)20-16(26)21(13)2)22(17)8-9-4-6-10(18)7-5-9/h4-7,11-13H,3,8H2,1-2H3,(H,24,25)(H,20,23,26). The van der Waals surface area contributed by atoms with Crippen LogP contribution >= 0.6 is 23.4 Å². The Morgan fingerprint density at radius 3 is 2.63 bits per heavy atom. The summed E-state index contributed by atoms with van der Waals surface area (Å²) in [5.41, 5.74) is 0.893. The van der Waals surface area contributed by atoms with Crippen LogP contribution in [0.1, 0.15) is 18.9 Å². The number of carbonyl (C=O) groups is 3. The molecule has 3 rings (SSSR count). The maximum Gasteiger partial charge on any atom is 0.325 e. The van der Waals surface area contributed by atoms with Crippen LogP contribution in [0.25, 0.3) is 0 Å². The molecule has 0 saturated carbocycles. The quantitative estimate of drug-likeness (QED) is 0.769. The Hall–Kier alpha value is -2.26. The van der Waals surface area contributed by atoms with Crippen molar-refractivity contribution in [1.82, 2.24) is 15.1 Å². The summed E-state index contributed by atoms with van der Waals surface area (Å²) < 4.78 is 0. The van der Waals surface area contributed by atoms with Crippen LogP contribution in [0.5, 0.6) is 0 Å². The first-order valence-corrected chi connectivity index (χ1v) is 9.63. The van der Waals surface area contributed by atoms with Gasteiger partial charge in [0.25, 0.3) is 5.91 Å². The lowest BCUT2D eigenvalue weighted by molar-refractivity contribution is -0.136. The number of imide groups is 1. The molecule has 2 aliphatic rings. The number of aliphatic carboxylic acids is 1. The van der Waals surface area contributed by atoms with Gasteiger partial charge in [-0.2, -0.15) is 0 Å². The van der Waals surface area contributed by atoms with Crippen LogP contribution in [-0.2, 0) is 16.1 Å². The minimum absolute atomic E-state index is 0.343. The summed E-state index contributed by atoms with van der Waals surface area (Å²) in [6.07, 6.45) is -0.281. The highest BCUT2D eigenvalue weighted by Gasteiger charge is 2.49. The number of thioether (sulfide) groups is 1. The van der Waals surface area contributed by atoms with Gasteiger partial charge in [-0.3, -0.25) is 14.9 Å². The summed E-state index contributed by atoms with van der Waals surface area (Å²) in [5, 5.41) is 12.1. The third-order valence-electron chi connectivity index (χ3n) is 4.48. The molecule has 10 heteroatoms. The molecule has 0 aliphatic carbocycles. The largest absolute Gasteiger partial charge is 0.480 e. The summed E-state index contributed by atoms with van der Waals surface area (Å²) >= 11 is 7.03. The van der Waals surface area contributed by atoms with E-state index in [0.717, 1.165) is 17.3 Å². The SMILES string of the molecule is CCC(SC1=NC2C(C(=O)NC(=O)N2C)N1Cc1ccc(Cl)cc1)C(=O)O. The molecule has 3 atom stereocenters. The van der Waals surface area contributed by atoms with Crippen LogP contribution in [0.3, 0.4) is 0 Å². The Kier molecular flexibility index (Phi) is 5.61. The number of amides is 3. The van der Waals surface area contributed by atoms with E-state index in [1.807, 2.05) is 12.1 Å². The molecule has 0 radical (unpaired) electrons. The second-order valence-electron chi connectivity index (χ2n) is 6.28. The number of amidine groups is 1. The first-order chi connectivity index (χ1) is 12.8. The highest BCUT2D eigenvalue weighted by Crippen LogP contribution is 2.32. The summed E-state index contributed by atoms with van der Waals surface area (Å²) in [4.78, 5) is 43.5. The third-order valence-corrected chi connectivity index (χ3v) is 6.10. The van der Waals surface area contributed by atoms with E-state index in [0.29, 0.717) is 23.2 Å². The van der Waals surface area contributed by atoms with Gasteiger partial charge in [-0.25, -0.2) is 9.79 Å². The van der Waals surface area contributed by atoms with E-state index >= 15 is 0 Å². The van der Waals surface area contributed by atoms with Crippen molar-refractivity contribution in [3.05, 3.63) is 34.9 Å². The summed E-state index contributed by atoms with van der Waals surface area (Å²) in [6.45, 7) is 2.12. The Bertz CT molecular complexity index is 801. The number of rotatable bonds is 5. The molecule has 0 bridgehead atoms. The number of hydrogen-bond donors (Lipinski definition) is 2. The number of nitrogens with one attached hydrogen (secondary N) is 1. The first-order valence-electron chi connectivity index (χ1n) is 8.37.